The Morgan fingerprint density at radius 2 is 2.00 bits per heavy atom. The van der Waals surface area contributed by atoms with Crippen molar-refractivity contribution in [3.05, 3.63) is 29.8 Å². The van der Waals surface area contributed by atoms with Crippen LogP contribution in [0.3, 0.4) is 0 Å². The second kappa shape index (κ2) is 7.28. The van der Waals surface area contributed by atoms with Crippen LogP contribution in [0.1, 0.15) is 26.3 Å². The number of anilines is 1. The highest BCUT2D eigenvalue weighted by molar-refractivity contribution is 7.87. The van der Waals surface area contributed by atoms with Gasteiger partial charge in [-0.2, -0.15) is 12.7 Å². The van der Waals surface area contributed by atoms with Gasteiger partial charge < -0.3 is 10.5 Å². The number of nitrogens with two attached hydrogens (primary N) is 1. The minimum absolute atomic E-state index is 0.0769. The molecule has 7 nitrogen and oxygen atoms in total. The Morgan fingerprint density at radius 3 is 2.52 bits per heavy atom. The van der Waals surface area contributed by atoms with Crippen molar-refractivity contribution in [2.75, 3.05) is 12.3 Å². The average molecular weight is 315 g/mol. The molecule has 0 saturated carbocycles. The summed E-state index contributed by atoms with van der Waals surface area (Å²) in [6.07, 6.45) is -1.40. The van der Waals surface area contributed by atoms with Crippen molar-refractivity contribution in [1.82, 2.24) is 9.03 Å². The van der Waals surface area contributed by atoms with Gasteiger partial charge in [0.1, 0.15) is 0 Å². The van der Waals surface area contributed by atoms with Gasteiger partial charge >= 0.3 is 16.3 Å². The summed E-state index contributed by atoms with van der Waals surface area (Å²) in [6, 6.07) is 6.96. The number of para-hydroxylation sites is 1. The lowest BCUT2D eigenvalue weighted by Gasteiger charge is -2.21. The van der Waals surface area contributed by atoms with Gasteiger partial charge in [-0.1, -0.05) is 25.1 Å². The average Bonchev–Trinajstić information content (AvgIpc) is 2.35. The number of amides is 1. The number of nitrogens with zero attached hydrogens (tertiary/aromatic N) is 1. The lowest BCUT2D eigenvalue weighted by atomic mass is 10.2. The Morgan fingerprint density at radius 1 is 1.38 bits per heavy atom. The molecule has 0 fully saturated rings. The SMILES string of the molecule is CCN(Cc1ccccc1N)S(=O)(=O)NC(=O)OC(C)C. The van der Waals surface area contributed by atoms with Crippen LogP contribution in [-0.2, 0) is 21.5 Å². The summed E-state index contributed by atoms with van der Waals surface area (Å²) in [6.45, 7) is 5.21. The van der Waals surface area contributed by atoms with Crippen molar-refractivity contribution in [3.63, 3.8) is 0 Å². The van der Waals surface area contributed by atoms with E-state index in [1.165, 1.54) is 0 Å². The molecule has 0 aliphatic rings. The van der Waals surface area contributed by atoms with Crippen molar-refractivity contribution in [1.29, 1.82) is 0 Å². The smallest absolute Gasteiger partial charge is 0.422 e. The van der Waals surface area contributed by atoms with Crippen LogP contribution >= 0.6 is 0 Å². The van der Waals surface area contributed by atoms with E-state index in [-0.39, 0.29) is 13.1 Å². The number of carbonyl (C=O) groups excluding carboxylic acids is 1. The van der Waals surface area contributed by atoms with Crippen LogP contribution in [-0.4, -0.2) is 31.5 Å². The molecule has 1 rings (SSSR count). The fourth-order valence-corrected chi connectivity index (χ4v) is 2.68. The summed E-state index contributed by atoms with van der Waals surface area (Å²) in [5, 5.41) is 0. The zero-order valence-corrected chi connectivity index (χ0v) is 13.2. The third kappa shape index (κ3) is 5.24. The molecule has 0 aromatic heterocycles. The molecule has 1 aromatic carbocycles. The van der Waals surface area contributed by atoms with Crippen LogP contribution in [0.2, 0.25) is 0 Å². The molecule has 1 aromatic rings. The fourth-order valence-electron chi connectivity index (χ4n) is 1.64. The number of hydrogen-bond acceptors (Lipinski definition) is 5. The zero-order chi connectivity index (χ0) is 16.0. The topological polar surface area (TPSA) is 102 Å². The van der Waals surface area contributed by atoms with E-state index < -0.39 is 22.4 Å². The lowest BCUT2D eigenvalue weighted by molar-refractivity contribution is 0.121. The highest BCUT2D eigenvalue weighted by atomic mass is 32.2. The normalized spacial score (nSPS) is 11.7. The second-order valence-electron chi connectivity index (χ2n) is 4.69. The third-order valence-corrected chi connectivity index (χ3v) is 4.14. The summed E-state index contributed by atoms with van der Waals surface area (Å²) in [5.41, 5.74) is 6.97. The largest absolute Gasteiger partial charge is 0.446 e. The van der Waals surface area contributed by atoms with Crippen molar-refractivity contribution in [3.8, 4) is 0 Å². The van der Waals surface area contributed by atoms with Crippen LogP contribution in [0.25, 0.3) is 0 Å². The number of ether oxygens (including phenoxy) is 1. The fraction of sp³-hybridized carbons (Fsp3) is 0.462. The van der Waals surface area contributed by atoms with Gasteiger partial charge in [-0.15, -0.1) is 0 Å². The van der Waals surface area contributed by atoms with Crippen LogP contribution in [0.4, 0.5) is 10.5 Å². The number of hydrogen-bond donors (Lipinski definition) is 2. The highest BCUT2D eigenvalue weighted by Crippen LogP contribution is 2.15. The van der Waals surface area contributed by atoms with Gasteiger partial charge in [-0.25, -0.2) is 9.52 Å². The summed E-state index contributed by atoms with van der Waals surface area (Å²) in [5.74, 6) is 0. The van der Waals surface area contributed by atoms with E-state index >= 15 is 0 Å². The van der Waals surface area contributed by atoms with Crippen LogP contribution in [0, 0.1) is 0 Å². The van der Waals surface area contributed by atoms with Gasteiger partial charge in [-0.3, -0.25) is 0 Å². The van der Waals surface area contributed by atoms with Gasteiger partial charge in [0.15, 0.2) is 0 Å². The van der Waals surface area contributed by atoms with Crippen molar-refractivity contribution < 1.29 is 17.9 Å². The van der Waals surface area contributed by atoms with Crippen molar-refractivity contribution >= 4 is 22.0 Å². The first-order valence-corrected chi connectivity index (χ1v) is 8.02. The second-order valence-corrected chi connectivity index (χ2v) is 6.36. The van der Waals surface area contributed by atoms with E-state index in [9.17, 15) is 13.2 Å². The molecule has 0 heterocycles. The molecule has 3 N–H and O–H groups in total. The maximum Gasteiger partial charge on any atom is 0.422 e. The molecule has 0 atom stereocenters. The number of benzene rings is 1. The summed E-state index contributed by atoms with van der Waals surface area (Å²) in [7, 11) is -3.98. The molecule has 0 unspecified atom stereocenters. The molecular weight excluding hydrogens is 294 g/mol. The number of carbonyl (C=O) groups is 1. The molecule has 21 heavy (non-hydrogen) atoms. The predicted molar refractivity (Wildman–Crippen MR) is 80.6 cm³/mol. The molecular formula is C13H21N3O4S. The van der Waals surface area contributed by atoms with Crippen LogP contribution < -0.4 is 10.5 Å². The molecule has 0 spiro atoms. The van der Waals surface area contributed by atoms with E-state index in [1.54, 1.807) is 45.0 Å². The van der Waals surface area contributed by atoms with Gasteiger partial charge in [-0.05, 0) is 25.5 Å². The minimum atomic E-state index is -3.98. The van der Waals surface area contributed by atoms with E-state index in [4.69, 9.17) is 10.5 Å². The molecule has 8 heteroatoms. The van der Waals surface area contributed by atoms with Gasteiger partial charge in [0.05, 0.1) is 6.10 Å². The highest BCUT2D eigenvalue weighted by Gasteiger charge is 2.24. The zero-order valence-electron chi connectivity index (χ0n) is 12.4. The molecule has 0 aliphatic carbocycles. The summed E-state index contributed by atoms with van der Waals surface area (Å²) in [4.78, 5) is 11.4. The summed E-state index contributed by atoms with van der Waals surface area (Å²) < 4.78 is 32.0. The Labute approximate surface area is 125 Å². The molecule has 118 valence electrons. The first-order chi connectivity index (χ1) is 9.76. The van der Waals surface area contributed by atoms with Gasteiger partial charge in [0, 0.05) is 18.8 Å². The number of nitrogens with one attached hydrogen (secondary N) is 1. The predicted octanol–water partition coefficient (Wildman–Crippen LogP) is 1.47. The third-order valence-electron chi connectivity index (χ3n) is 2.65. The van der Waals surface area contributed by atoms with Crippen molar-refractivity contribution in [2.45, 2.75) is 33.4 Å². The number of rotatable bonds is 6. The van der Waals surface area contributed by atoms with E-state index in [1.807, 2.05) is 4.72 Å². The first-order valence-electron chi connectivity index (χ1n) is 6.58. The first kappa shape index (κ1) is 17.3. The molecule has 0 radical (unpaired) electrons. The van der Waals surface area contributed by atoms with Crippen molar-refractivity contribution in [2.24, 2.45) is 0 Å². The van der Waals surface area contributed by atoms with Gasteiger partial charge in [0.25, 0.3) is 0 Å². The Bertz CT molecular complexity index is 587. The monoisotopic (exact) mass is 315 g/mol. The maximum atomic E-state index is 12.1. The molecule has 1 amide bonds. The number of nitrogen functional groups attached to an aromatic ring is 1. The van der Waals surface area contributed by atoms with Crippen LogP contribution in [0.5, 0.6) is 0 Å². The van der Waals surface area contributed by atoms with E-state index in [0.717, 1.165) is 4.31 Å². The standard InChI is InChI=1S/C13H21N3O4S/c1-4-16(9-11-7-5-6-8-12(11)14)21(18,19)15-13(17)20-10(2)3/h5-8,10H,4,9,14H2,1-3H3,(H,15,17). The van der Waals surface area contributed by atoms with E-state index in [2.05, 4.69) is 0 Å². The van der Waals surface area contributed by atoms with E-state index in [0.29, 0.717) is 11.3 Å². The summed E-state index contributed by atoms with van der Waals surface area (Å²) >= 11 is 0. The molecule has 0 bridgehead atoms. The Balaban J connectivity index is 2.83. The molecule has 0 aliphatic heterocycles. The Hall–Kier alpha value is -1.80. The Kier molecular flexibility index (Phi) is 5.98. The van der Waals surface area contributed by atoms with Gasteiger partial charge in [0.2, 0.25) is 0 Å². The quantitative estimate of drug-likeness (QED) is 0.774. The minimum Gasteiger partial charge on any atom is -0.446 e. The maximum absolute atomic E-state index is 12.1. The van der Waals surface area contributed by atoms with Crippen LogP contribution in [0.15, 0.2) is 24.3 Å². The molecule has 0 saturated heterocycles. The lowest BCUT2D eigenvalue weighted by Crippen LogP contribution is -2.43.